The number of aromatic nitrogens is 1. The first kappa shape index (κ1) is 11.9. The summed E-state index contributed by atoms with van der Waals surface area (Å²) in [6, 6.07) is 11.3. The molecule has 0 aliphatic heterocycles. The molecule has 0 fully saturated rings. The van der Waals surface area contributed by atoms with Crippen molar-refractivity contribution in [1.82, 2.24) is 4.98 Å². The molecule has 1 aromatic heterocycles. The fraction of sp³-hybridized carbons (Fsp3) is 0. The van der Waals surface area contributed by atoms with E-state index in [0.29, 0.717) is 27.1 Å². The highest BCUT2D eigenvalue weighted by Gasteiger charge is 2.15. The van der Waals surface area contributed by atoms with Crippen LogP contribution >= 0.6 is 11.6 Å². The maximum Gasteiger partial charge on any atom is 0.149 e. The van der Waals surface area contributed by atoms with Crippen molar-refractivity contribution < 1.29 is 9.50 Å². The zero-order valence-electron chi connectivity index (χ0n) is 9.77. The summed E-state index contributed by atoms with van der Waals surface area (Å²) in [4.78, 5) is 4.10. The van der Waals surface area contributed by atoms with Crippen LogP contribution in [0.5, 0.6) is 5.75 Å². The molecule has 1 N–H and O–H groups in total. The van der Waals surface area contributed by atoms with E-state index >= 15 is 0 Å². The molecule has 0 aliphatic rings. The molecule has 3 aromatic rings. The Morgan fingerprint density at radius 1 is 1.05 bits per heavy atom. The van der Waals surface area contributed by atoms with Gasteiger partial charge < -0.3 is 5.11 Å². The van der Waals surface area contributed by atoms with Gasteiger partial charge in [-0.2, -0.15) is 0 Å². The number of hydrogen-bond acceptors (Lipinski definition) is 2. The maximum absolute atomic E-state index is 13.8. The second-order valence-electron chi connectivity index (χ2n) is 4.13. The highest BCUT2D eigenvalue weighted by atomic mass is 35.5. The Labute approximate surface area is 114 Å². The van der Waals surface area contributed by atoms with Gasteiger partial charge in [0.15, 0.2) is 0 Å². The number of fused-ring (bicyclic) bond motifs is 1. The zero-order valence-corrected chi connectivity index (χ0v) is 10.5. The van der Waals surface area contributed by atoms with Gasteiger partial charge in [-0.05, 0) is 24.3 Å². The quantitative estimate of drug-likeness (QED) is 0.713. The van der Waals surface area contributed by atoms with E-state index in [1.807, 2.05) is 0 Å². The van der Waals surface area contributed by atoms with Gasteiger partial charge in [0.25, 0.3) is 0 Å². The van der Waals surface area contributed by atoms with Crippen LogP contribution < -0.4 is 0 Å². The molecule has 1 heterocycles. The van der Waals surface area contributed by atoms with Crippen molar-refractivity contribution in [3.63, 3.8) is 0 Å². The van der Waals surface area contributed by atoms with Crippen molar-refractivity contribution in [2.24, 2.45) is 0 Å². The average Bonchev–Trinajstić information content (AvgIpc) is 2.44. The number of pyridine rings is 1. The lowest BCUT2D eigenvalue weighted by atomic mass is 10.0. The first-order valence-corrected chi connectivity index (χ1v) is 6.07. The van der Waals surface area contributed by atoms with Crippen LogP contribution in [0.3, 0.4) is 0 Å². The Morgan fingerprint density at radius 2 is 1.84 bits per heavy atom. The normalized spacial score (nSPS) is 10.8. The minimum absolute atomic E-state index is 0.0647. The zero-order chi connectivity index (χ0) is 13.4. The third-order valence-electron chi connectivity index (χ3n) is 2.98. The molecule has 0 amide bonds. The predicted molar refractivity (Wildman–Crippen MR) is 73.8 cm³/mol. The van der Waals surface area contributed by atoms with Gasteiger partial charge in [-0.1, -0.05) is 29.8 Å². The highest BCUT2D eigenvalue weighted by molar-refractivity contribution is 6.36. The van der Waals surface area contributed by atoms with Gasteiger partial charge in [-0.25, -0.2) is 4.39 Å². The van der Waals surface area contributed by atoms with Crippen LogP contribution in [0, 0.1) is 5.82 Å². The summed E-state index contributed by atoms with van der Waals surface area (Å²) in [6.45, 7) is 0. The molecule has 0 unspecified atom stereocenters. The predicted octanol–water partition coefficient (Wildman–Crippen LogP) is 4.40. The van der Waals surface area contributed by atoms with Crippen LogP contribution in [0.1, 0.15) is 0 Å². The van der Waals surface area contributed by atoms with Crippen molar-refractivity contribution in [1.29, 1.82) is 0 Å². The molecular weight excluding hydrogens is 265 g/mol. The molecule has 0 saturated heterocycles. The van der Waals surface area contributed by atoms with Crippen molar-refractivity contribution in [2.45, 2.75) is 0 Å². The molecule has 0 spiro atoms. The summed E-state index contributed by atoms with van der Waals surface area (Å²) >= 11 is 6.16. The van der Waals surface area contributed by atoms with Crippen LogP contribution in [0.15, 0.2) is 48.7 Å². The third-order valence-corrected chi connectivity index (χ3v) is 3.29. The lowest BCUT2D eigenvalue weighted by Crippen LogP contribution is -1.88. The number of aromatic hydroxyl groups is 1. The summed E-state index contributed by atoms with van der Waals surface area (Å²) in [5.74, 6) is -0.478. The van der Waals surface area contributed by atoms with Crippen molar-refractivity contribution in [3.05, 3.63) is 59.5 Å². The number of hydrogen-bond donors (Lipinski definition) is 1. The molecule has 4 heteroatoms. The first-order chi connectivity index (χ1) is 9.18. The Bertz CT molecular complexity index is 773. The van der Waals surface area contributed by atoms with Gasteiger partial charge in [0.05, 0.1) is 5.02 Å². The minimum Gasteiger partial charge on any atom is -0.505 e. The average molecular weight is 274 g/mol. The first-order valence-electron chi connectivity index (χ1n) is 5.69. The van der Waals surface area contributed by atoms with Crippen LogP contribution in [-0.4, -0.2) is 10.1 Å². The Balaban J connectivity index is 2.38. The second kappa shape index (κ2) is 4.52. The molecule has 2 aromatic carbocycles. The van der Waals surface area contributed by atoms with Crippen LogP contribution in [-0.2, 0) is 0 Å². The summed E-state index contributed by atoms with van der Waals surface area (Å²) in [7, 11) is 0. The van der Waals surface area contributed by atoms with Crippen molar-refractivity contribution in [2.75, 3.05) is 0 Å². The molecule has 0 saturated carbocycles. The van der Waals surface area contributed by atoms with Gasteiger partial charge >= 0.3 is 0 Å². The Hall–Kier alpha value is -2.13. The monoisotopic (exact) mass is 273 g/mol. The molecule has 2 nitrogen and oxygen atoms in total. The van der Waals surface area contributed by atoms with E-state index in [0.717, 1.165) is 0 Å². The van der Waals surface area contributed by atoms with E-state index in [9.17, 15) is 9.50 Å². The smallest absolute Gasteiger partial charge is 0.149 e. The number of phenols is 1. The summed E-state index contributed by atoms with van der Waals surface area (Å²) in [5, 5.41) is 11.3. The minimum atomic E-state index is -0.413. The molecule has 94 valence electrons. The molecule has 0 atom stereocenters. The SMILES string of the molecule is Oc1c(-c2ccccc2F)cc(Cl)c2cccnc12. The summed E-state index contributed by atoms with van der Waals surface area (Å²) in [6.07, 6.45) is 1.56. The van der Waals surface area contributed by atoms with Gasteiger partial charge in [-0.3, -0.25) is 4.98 Å². The second-order valence-corrected chi connectivity index (χ2v) is 4.54. The number of phenolic OH excluding ortho intramolecular Hbond substituents is 1. The Morgan fingerprint density at radius 3 is 2.63 bits per heavy atom. The molecule has 19 heavy (non-hydrogen) atoms. The number of benzene rings is 2. The largest absolute Gasteiger partial charge is 0.505 e. The van der Waals surface area contributed by atoms with E-state index in [1.54, 1.807) is 42.6 Å². The van der Waals surface area contributed by atoms with Crippen LogP contribution in [0.4, 0.5) is 4.39 Å². The third kappa shape index (κ3) is 1.92. The fourth-order valence-corrected chi connectivity index (χ4v) is 2.33. The number of halogens is 2. The van der Waals surface area contributed by atoms with Crippen LogP contribution in [0.2, 0.25) is 5.02 Å². The lowest BCUT2D eigenvalue weighted by Gasteiger charge is -2.10. The molecule has 3 rings (SSSR count). The standard InChI is InChI=1S/C15H9ClFNO/c16-12-8-11(9-4-1-2-6-13(9)17)15(19)14-10(12)5-3-7-18-14/h1-8,19H. The lowest BCUT2D eigenvalue weighted by molar-refractivity contribution is 0.481. The number of nitrogens with zero attached hydrogens (tertiary/aromatic N) is 1. The molecule has 0 aliphatic carbocycles. The topological polar surface area (TPSA) is 33.1 Å². The molecular formula is C15H9ClFNO. The fourth-order valence-electron chi connectivity index (χ4n) is 2.07. The van der Waals surface area contributed by atoms with Crippen molar-refractivity contribution >= 4 is 22.5 Å². The van der Waals surface area contributed by atoms with E-state index in [2.05, 4.69) is 4.98 Å². The van der Waals surface area contributed by atoms with E-state index in [1.165, 1.54) is 6.07 Å². The Kier molecular flexibility index (Phi) is 2.84. The highest BCUT2D eigenvalue weighted by Crippen LogP contribution is 2.39. The van der Waals surface area contributed by atoms with Gasteiger partial charge in [0.2, 0.25) is 0 Å². The van der Waals surface area contributed by atoms with E-state index < -0.39 is 5.82 Å². The van der Waals surface area contributed by atoms with E-state index in [4.69, 9.17) is 11.6 Å². The van der Waals surface area contributed by atoms with Gasteiger partial charge in [-0.15, -0.1) is 0 Å². The number of rotatable bonds is 1. The maximum atomic E-state index is 13.8. The van der Waals surface area contributed by atoms with Gasteiger partial charge in [0, 0.05) is 22.7 Å². The van der Waals surface area contributed by atoms with Crippen molar-refractivity contribution in [3.8, 4) is 16.9 Å². The molecule has 0 radical (unpaired) electrons. The molecule has 0 bridgehead atoms. The van der Waals surface area contributed by atoms with E-state index in [-0.39, 0.29) is 5.75 Å². The van der Waals surface area contributed by atoms with Gasteiger partial charge in [0.1, 0.15) is 17.1 Å². The summed E-state index contributed by atoms with van der Waals surface area (Å²) in [5.41, 5.74) is 1.01. The summed E-state index contributed by atoms with van der Waals surface area (Å²) < 4.78 is 13.8. The van der Waals surface area contributed by atoms with Crippen LogP contribution in [0.25, 0.3) is 22.0 Å².